The SMILES string of the molecule is Cl.Cl.NCc1ccns1. The Morgan fingerprint density at radius 3 is 2.44 bits per heavy atom. The van der Waals surface area contributed by atoms with Crippen LogP contribution in [0.2, 0.25) is 0 Å². The normalized spacial score (nSPS) is 7.22. The van der Waals surface area contributed by atoms with E-state index in [4.69, 9.17) is 5.73 Å². The first-order valence-electron chi connectivity index (χ1n) is 2.03. The summed E-state index contributed by atoms with van der Waals surface area (Å²) in [4.78, 5) is 1.14. The van der Waals surface area contributed by atoms with Gasteiger partial charge in [0.25, 0.3) is 0 Å². The van der Waals surface area contributed by atoms with Crippen LogP contribution in [0.3, 0.4) is 0 Å². The maximum absolute atomic E-state index is 5.26. The van der Waals surface area contributed by atoms with Gasteiger partial charge in [-0.25, -0.2) is 4.37 Å². The molecule has 1 rings (SSSR count). The van der Waals surface area contributed by atoms with Gasteiger partial charge in [-0.05, 0) is 17.6 Å². The molecule has 1 aromatic rings. The summed E-state index contributed by atoms with van der Waals surface area (Å²) in [7, 11) is 0. The molecule has 0 fully saturated rings. The van der Waals surface area contributed by atoms with Gasteiger partial charge < -0.3 is 5.73 Å². The number of hydrogen-bond acceptors (Lipinski definition) is 3. The van der Waals surface area contributed by atoms with Crippen LogP contribution in [0.4, 0.5) is 0 Å². The van der Waals surface area contributed by atoms with Crippen molar-refractivity contribution < 1.29 is 0 Å². The van der Waals surface area contributed by atoms with Crippen LogP contribution in [0, 0.1) is 0 Å². The average molecular weight is 187 g/mol. The summed E-state index contributed by atoms with van der Waals surface area (Å²) < 4.78 is 3.85. The Hall–Kier alpha value is 0.170. The lowest BCUT2D eigenvalue weighted by Gasteiger charge is -1.77. The van der Waals surface area contributed by atoms with Crippen molar-refractivity contribution in [2.45, 2.75) is 6.54 Å². The van der Waals surface area contributed by atoms with E-state index in [0.717, 1.165) is 4.88 Å². The van der Waals surface area contributed by atoms with E-state index < -0.39 is 0 Å². The molecule has 5 heteroatoms. The van der Waals surface area contributed by atoms with Crippen molar-refractivity contribution in [3.63, 3.8) is 0 Å². The molecule has 0 radical (unpaired) electrons. The van der Waals surface area contributed by atoms with E-state index in [2.05, 4.69) is 4.37 Å². The zero-order valence-corrected chi connectivity index (χ0v) is 7.06. The van der Waals surface area contributed by atoms with Crippen molar-refractivity contribution >= 4 is 36.3 Å². The Bertz CT molecular complexity index is 131. The highest BCUT2D eigenvalue weighted by molar-refractivity contribution is 7.05. The van der Waals surface area contributed by atoms with Crippen LogP contribution >= 0.6 is 36.3 Å². The molecule has 0 unspecified atom stereocenters. The minimum Gasteiger partial charge on any atom is -0.326 e. The van der Waals surface area contributed by atoms with Crippen LogP contribution in [0.25, 0.3) is 0 Å². The molecule has 2 N–H and O–H groups in total. The minimum absolute atomic E-state index is 0. The second kappa shape index (κ2) is 6.29. The number of aromatic nitrogens is 1. The molecule has 0 saturated heterocycles. The van der Waals surface area contributed by atoms with Crippen LogP contribution in [0.15, 0.2) is 12.3 Å². The topological polar surface area (TPSA) is 38.9 Å². The van der Waals surface area contributed by atoms with Gasteiger partial charge in [-0.15, -0.1) is 24.8 Å². The minimum atomic E-state index is 0. The van der Waals surface area contributed by atoms with Gasteiger partial charge in [0.05, 0.1) is 0 Å². The molecular weight excluding hydrogens is 179 g/mol. The molecule has 9 heavy (non-hydrogen) atoms. The van der Waals surface area contributed by atoms with Gasteiger partial charge in [-0.2, -0.15) is 0 Å². The molecule has 1 aromatic heterocycles. The maximum atomic E-state index is 5.26. The second-order valence-corrected chi connectivity index (χ2v) is 2.10. The van der Waals surface area contributed by atoms with Crippen LogP contribution in [0.1, 0.15) is 4.88 Å². The first-order chi connectivity index (χ1) is 3.43. The number of nitrogens with zero attached hydrogens (tertiary/aromatic N) is 1. The van der Waals surface area contributed by atoms with E-state index in [1.807, 2.05) is 6.07 Å². The smallest absolute Gasteiger partial charge is 0.0410 e. The summed E-state index contributed by atoms with van der Waals surface area (Å²) >= 11 is 1.45. The quantitative estimate of drug-likeness (QED) is 0.722. The van der Waals surface area contributed by atoms with Crippen molar-refractivity contribution in [2.75, 3.05) is 0 Å². The number of rotatable bonds is 1. The second-order valence-electron chi connectivity index (χ2n) is 1.18. The lowest BCUT2D eigenvalue weighted by Crippen LogP contribution is -1.90. The molecular formula is C4H8Cl2N2S. The Morgan fingerprint density at radius 1 is 1.56 bits per heavy atom. The molecule has 54 valence electrons. The fourth-order valence-corrected chi connectivity index (χ4v) is 0.801. The summed E-state index contributed by atoms with van der Waals surface area (Å²) in [5, 5.41) is 0. The van der Waals surface area contributed by atoms with Crippen molar-refractivity contribution in [3.05, 3.63) is 17.1 Å². The van der Waals surface area contributed by atoms with Gasteiger partial charge in [-0.3, -0.25) is 0 Å². The molecule has 0 bridgehead atoms. The van der Waals surface area contributed by atoms with Crippen molar-refractivity contribution in [2.24, 2.45) is 5.73 Å². The molecule has 2 nitrogen and oxygen atoms in total. The molecule has 0 aliphatic carbocycles. The number of hydrogen-bond donors (Lipinski definition) is 1. The molecule has 0 atom stereocenters. The molecule has 0 aromatic carbocycles. The van der Waals surface area contributed by atoms with E-state index in [-0.39, 0.29) is 24.8 Å². The lowest BCUT2D eigenvalue weighted by atomic mass is 10.5. The Balaban J connectivity index is 0. The summed E-state index contributed by atoms with van der Waals surface area (Å²) in [6.07, 6.45) is 1.76. The van der Waals surface area contributed by atoms with E-state index in [1.54, 1.807) is 6.20 Å². The van der Waals surface area contributed by atoms with Crippen LogP contribution < -0.4 is 5.73 Å². The molecule has 1 heterocycles. The fraction of sp³-hybridized carbons (Fsp3) is 0.250. The highest BCUT2D eigenvalue weighted by Gasteiger charge is 1.84. The van der Waals surface area contributed by atoms with Gasteiger partial charge in [-0.1, -0.05) is 0 Å². The lowest BCUT2D eigenvalue weighted by molar-refractivity contribution is 1.11. The van der Waals surface area contributed by atoms with Crippen LogP contribution in [-0.2, 0) is 6.54 Å². The molecule has 0 amide bonds. The van der Waals surface area contributed by atoms with Crippen LogP contribution in [0.5, 0.6) is 0 Å². The monoisotopic (exact) mass is 186 g/mol. The predicted molar refractivity (Wildman–Crippen MR) is 44.5 cm³/mol. The zero-order valence-electron chi connectivity index (χ0n) is 4.61. The average Bonchev–Trinajstić information content (AvgIpc) is 2.14. The van der Waals surface area contributed by atoms with Gasteiger partial charge in [0.15, 0.2) is 0 Å². The third-order valence-electron chi connectivity index (χ3n) is 0.692. The Labute approximate surface area is 70.4 Å². The first kappa shape index (κ1) is 11.9. The van der Waals surface area contributed by atoms with Gasteiger partial charge in [0, 0.05) is 17.6 Å². The Morgan fingerprint density at radius 2 is 2.22 bits per heavy atom. The Kier molecular flexibility index (Phi) is 8.32. The van der Waals surface area contributed by atoms with Gasteiger partial charge in [0.1, 0.15) is 0 Å². The maximum Gasteiger partial charge on any atom is 0.0410 e. The summed E-state index contributed by atoms with van der Waals surface area (Å²) in [6, 6.07) is 1.92. The molecule has 0 spiro atoms. The molecule has 0 aliphatic heterocycles. The van der Waals surface area contributed by atoms with Crippen molar-refractivity contribution in [3.8, 4) is 0 Å². The molecule has 0 aliphatic rings. The third kappa shape index (κ3) is 3.70. The number of halogens is 2. The summed E-state index contributed by atoms with van der Waals surface area (Å²) in [6.45, 7) is 0.616. The number of nitrogens with two attached hydrogens (primary N) is 1. The predicted octanol–water partition coefficient (Wildman–Crippen LogP) is 1.45. The van der Waals surface area contributed by atoms with E-state index >= 15 is 0 Å². The van der Waals surface area contributed by atoms with Crippen LogP contribution in [-0.4, -0.2) is 4.37 Å². The highest BCUT2D eigenvalue weighted by Crippen LogP contribution is 2.00. The summed E-state index contributed by atoms with van der Waals surface area (Å²) in [5.41, 5.74) is 5.26. The van der Waals surface area contributed by atoms with Gasteiger partial charge in [0.2, 0.25) is 0 Å². The van der Waals surface area contributed by atoms with Crippen molar-refractivity contribution in [1.82, 2.24) is 4.37 Å². The first-order valence-corrected chi connectivity index (χ1v) is 2.80. The zero-order chi connectivity index (χ0) is 5.11. The largest absolute Gasteiger partial charge is 0.326 e. The molecule has 0 saturated carbocycles. The van der Waals surface area contributed by atoms with Crippen molar-refractivity contribution in [1.29, 1.82) is 0 Å². The standard InChI is InChI=1S/C4H6N2S.2ClH/c5-3-4-1-2-6-7-4;;/h1-2H,3,5H2;2*1H. The third-order valence-corrected chi connectivity index (χ3v) is 1.46. The fourth-order valence-electron chi connectivity index (χ4n) is 0.347. The summed E-state index contributed by atoms with van der Waals surface area (Å²) in [5.74, 6) is 0. The van der Waals surface area contributed by atoms with E-state index in [9.17, 15) is 0 Å². The van der Waals surface area contributed by atoms with E-state index in [0.29, 0.717) is 6.54 Å². The van der Waals surface area contributed by atoms with E-state index in [1.165, 1.54) is 11.5 Å². The van der Waals surface area contributed by atoms with Gasteiger partial charge >= 0.3 is 0 Å². The highest BCUT2D eigenvalue weighted by atomic mass is 35.5.